The monoisotopic (exact) mass is 411 g/mol. The number of carbonyl (C=O) groups is 1. The van der Waals surface area contributed by atoms with Crippen LogP contribution in [0.3, 0.4) is 0 Å². The van der Waals surface area contributed by atoms with Crippen molar-refractivity contribution in [2.45, 2.75) is 33.1 Å². The highest BCUT2D eigenvalue weighted by Crippen LogP contribution is 2.27. The topological polar surface area (TPSA) is 67.5 Å². The molecule has 156 valence electrons. The van der Waals surface area contributed by atoms with Gasteiger partial charge in [0.2, 0.25) is 0 Å². The number of benzene rings is 2. The summed E-state index contributed by atoms with van der Waals surface area (Å²) in [4.78, 5) is 17.7. The van der Waals surface area contributed by atoms with Crippen LogP contribution in [-0.4, -0.2) is 17.1 Å². The second-order valence-corrected chi connectivity index (χ2v) is 7.65. The number of hydrazone groups is 1. The molecule has 5 nitrogen and oxygen atoms in total. The number of nitrogens with one attached hydrogen (secondary N) is 1. The normalized spacial score (nSPS) is 12.4. The van der Waals surface area contributed by atoms with Gasteiger partial charge in [0.05, 0.1) is 23.0 Å². The van der Waals surface area contributed by atoms with E-state index in [-0.39, 0.29) is 5.91 Å². The van der Waals surface area contributed by atoms with Crippen LogP contribution in [0.15, 0.2) is 76.2 Å². The highest BCUT2D eigenvalue weighted by Gasteiger charge is 2.14. The van der Waals surface area contributed by atoms with E-state index in [9.17, 15) is 4.79 Å². The molecule has 0 saturated heterocycles. The van der Waals surface area contributed by atoms with E-state index in [0.717, 1.165) is 34.3 Å². The molecule has 31 heavy (non-hydrogen) atoms. The molecule has 4 rings (SSSR count). The number of amides is 1. The predicted molar refractivity (Wildman–Crippen MR) is 124 cm³/mol. The Morgan fingerprint density at radius 1 is 1.13 bits per heavy atom. The molecular weight excluding hydrogens is 386 g/mol. The molecule has 0 spiro atoms. The van der Waals surface area contributed by atoms with Gasteiger partial charge in [-0.05, 0) is 49.1 Å². The number of fused-ring (bicyclic) bond motifs is 1. The van der Waals surface area contributed by atoms with Crippen molar-refractivity contribution in [2.75, 3.05) is 0 Å². The van der Waals surface area contributed by atoms with Gasteiger partial charge < -0.3 is 4.42 Å². The third-order valence-electron chi connectivity index (χ3n) is 5.47. The van der Waals surface area contributed by atoms with Crippen molar-refractivity contribution in [3.63, 3.8) is 0 Å². The lowest BCUT2D eigenvalue weighted by atomic mass is 9.96. The van der Waals surface area contributed by atoms with Crippen molar-refractivity contribution in [1.82, 2.24) is 10.4 Å². The molecule has 4 aromatic rings. The van der Waals surface area contributed by atoms with Crippen LogP contribution >= 0.6 is 0 Å². The van der Waals surface area contributed by atoms with Crippen LogP contribution in [0.5, 0.6) is 0 Å². The Morgan fingerprint density at radius 2 is 1.90 bits per heavy atom. The van der Waals surface area contributed by atoms with Crippen molar-refractivity contribution < 1.29 is 9.21 Å². The van der Waals surface area contributed by atoms with Crippen LogP contribution < -0.4 is 5.43 Å². The second kappa shape index (κ2) is 8.96. The summed E-state index contributed by atoms with van der Waals surface area (Å²) >= 11 is 0. The summed E-state index contributed by atoms with van der Waals surface area (Å²) in [6.45, 7) is 6.26. The zero-order valence-corrected chi connectivity index (χ0v) is 17.9. The molecule has 2 aromatic carbocycles. The highest BCUT2D eigenvalue weighted by molar-refractivity contribution is 6.07. The lowest BCUT2D eigenvalue weighted by Crippen LogP contribution is -2.18. The van der Waals surface area contributed by atoms with E-state index in [4.69, 9.17) is 9.40 Å². The summed E-state index contributed by atoms with van der Waals surface area (Å²) in [5.74, 6) is 1.59. The molecule has 2 aromatic heterocycles. The first-order valence-electron chi connectivity index (χ1n) is 10.4. The first-order chi connectivity index (χ1) is 15.0. The minimum Gasteiger partial charge on any atom is -0.460 e. The van der Waals surface area contributed by atoms with Crippen LogP contribution in [0, 0.1) is 6.92 Å². The van der Waals surface area contributed by atoms with E-state index < -0.39 is 0 Å². The van der Waals surface area contributed by atoms with Crippen molar-refractivity contribution >= 4 is 23.0 Å². The third kappa shape index (κ3) is 4.56. The van der Waals surface area contributed by atoms with Crippen LogP contribution in [0.4, 0.5) is 0 Å². The Morgan fingerprint density at radius 3 is 2.61 bits per heavy atom. The summed E-state index contributed by atoms with van der Waals surface area (Å²) in [6, 6.07) is 21.5. The summed E-state index contributed by atoms with van der Waals surface area (Å²) in [6.07, 6.45) is 2.58. The zero-order valence-electron chi connectivity index (χ0n) is 17.9. The maximum atomic E-state index is 12.9. The van der Waals surface area contributed by atoms with E-state index in [0.29, 0.717) is 17.2 Å². The number of furan rings is 1. The molecule has 0 aliphatic rings. The Kier molecular flexibility index (Phi) is 5.94. The van der Waals surface area contributed by atoms with Gasteiger partial charge in [-0.3, -0.25) is 4.79 Å². The average Bonchev–Trinajstić information content (AvgIpc) is 3.22. The fourth-order valence-electron chi connectivity index (χ4n) is 3.47. The fourth-order valence-corrected chi connectivity index (χ4v) is 3.47. The Hall–Kier alpha value is -3.73. The van der Waals surface area contributed by atoms with Gasteiger partial charge in [0, 0.05) is 10.9 Å². The maximum absolute atomic E-state index is 12.9. The molecule has 0 saturated carbocycles. The summed E-state index contributed by atoms with van der Waals surface area (Å²) in [5.41, 5.74) is 6.92. The number of rotatable bonds is 6. The lowest BCUT2D eigenvalue weighted by molar-refractivity contribution is 0.0956. The molecule has 0 aliphatic carbocycles. The Balaban J connectivity index is 1.66. The number of nitrogens with zero attached hydrogens (tertiary/aromatic N) is 2. The van der Waals surface area contributed by atoms with Crippen molar-refractivity contribution in [3.8, 4) is 11.3 Å². The molecule has 0 unspecified atom stereocenters. The molecule has 1 N–H and O–H groups in total. The van der Waals surface area contributed by atoms with Crippen molar-refractivity contribution in [3.05, 3.63) is 89.4 Å². The van der Waals surface area contributed by atoms with E-state index in [1.54, 1.807) is 6.07 Å². The maximum Gasteiger partial charge on any atom is 0.272 e. The van der Waals surface area contributed by atoms with Gasteiger partial charge in [-0.1, -0.05) is 56.3 Å². The molecule has 1 amide bonds. The molecular formula is C26H25N3O2. The van der Waals surface area contributed by atoms with E-state index in [2.05, 4.69) is 48.6 Å². The molecule has 1 atom stereocenters. The van der Waals surface area contributed by atoms with E-state index in [1.807, 2.05) is 43.3 Å². The highest BCUT2D eigenvalue weighted by atomic mass is 16.3. The first kappa shape index (κ1) is 20.5. The Labute approximate surface area is 181 Å². The number of aromatic nitrogens is 1. The summed E-state index contributed by atoms with van der Waals surface area (Å²) in [7, 11) is 0. The quantitative estimate of drug-likeness (QED) is 0.309. The van der Waals surface area contributed by atoms with Gasteiger partial charge >= 0.3 is 0 Å². The molecule has 2 heterocycles. The smallest absolute Gasteiger partial charge is 0.272 e. The van der Waals surface area contributed by atoms with Gasteiger partial charge in [0.15, 0.2) is 0 Å². The fraction of sp³-hybridized carbons (Fsp3) is 0.192. The van der Waals surface area contributed by atoms with Gasteiger partial charge in [0.25, 0.3) is 5.91 Å². The minimum atomic E-state index is -0.296. The summed E-state index contributed by atoms with van der Waals surface area (Å²) < 4.78 is 5.44. The van der Waals surface area contributed by atoms with Crippen molar-refractivity contribution in [2.24, 2.45) is 5.10 Å². The van der Waals surface area contributed by atoms with Crippen molar-refractivity contribution in [1.29, 1.82) is 0 Å². The molecule has 0 aliphatic heterocycles. The molecule has 0 bridgehead atoms. The van der Waals surface area contributed by atoms with E-state index in [1.165, 1.54) is 11.8 Å². The van der Waals surface area contributed by atoms with Crippen LogP contribution in [0.2, 0.25) is 0 Å². The predicted octanol–water partition coefficient (Wildman–Crippen LogP) is 6.08. The van der Waals surface area contributed by atoms with Crippen LogP contribution in [0.1, 0.15) is 53.6 Å². The molecule has 0 radical (unpaired) electrons. The standard InChI is InChI=1S/C26H25N3O2/c1-4-17(2)19-10-12-20(13-11-19)25-15-23(22-7-5-6-8-24(22)28-25)26(30)29-27-16-21-14-9-18(3)31-21/h5-17H,4H2,1-3H3,(H,29,30)/b27-16-/t17-/m0/s1. The van der Waals surface area contributed by atoms with E-state index >= 15 is 0 Å². The largest absolute Gasteiger partial charge is 0.460 e. The van der Waals surface area contributed by atoms with Crippen LogP contribution in [0.25, 0.3) is 22.2 Å². The number of carbonyl (C=O) groups excluding carboxylic acids is 1. The number of pyridine rings is 1. The lowest BCUT2D eigenvalue weighted by Gasteiger charge is -2.11. The Bertz CT molecular complexity index is 1240. The minimum absolute atomic E-state index is 0.296. The SMILES string of the molecule is CC[C@H](C)c1ccc(-c2cc(C(=O)N/N=C\c3ccc(C)o3)c3ccccc3n2)cc1. The van der Waals surface area contributed by atoms with Gasteiger partial charge in [-0.15, -0.1) is 0 Å². The first-order valence-corrected chi connectivity index (χ1v) is 10.4. The van der Waals surface area contributed by atoms with Gasteiger partial charge in [-0.2, -0.15) is 5.10 Å². The van der Waals surface area contributed by atoms with Gasteiger partial charge in [-0.25, -0.2) is 10.4 Å². The average molecular weight is 412 g/mol. The number of para-hydroxylation sites is 1. The molecule has 0 fully saturated rings. The van der Waals surface area contributed by atoms with Crippen LogP contribution in [-0.2, 0) is 0 Å². The number of hydrogen-bond donors (Lipinski definition) is 1. The zero-order chi connectivity index (χ0) is 21.8. The van der Waals surface area contributed by atoms with Gasteiger partial charge in [0.1, 0.15) is 11.5 Å². The molecule has 5 heteroatoms. The summed E-state index contributed by atoms with van der Waals surface area (Å²) in [5, 5.41) is 4.82. The third-order valence-corrected chi connectivity index (χ3v) is 5.47. The second-order valence-electron chi connectivity index (χ2n) is 7.65. The number of hydrogen-bond acceptors (Lipinski definition) is 4. The number of aryl methyl sites for hydroxylation is 1.